The monoisotopic (exact) mass is 271 g/mol. The number of aromatic nitrogens is 1. The Hall–Kier alpha value is -1.54. The molecule has 1 atom stereocenters. The van der Waals surface area contributed by atoms with Crippen molar-refractivity contribution in [1.29, 1.82) is 0 Å². The standard InChI is InChI=1S/C10H17N5O2S/c1-7(6-18-2)5-12-9-3-8(15(16)17)4-10(13-9)14-11/h3-4,7H,5-6,11H2,1-2H3,(H2,12,13,14). The zero-order valence-corrected chi connectivity index (χ0v) is 11.2. The number of nitrogens with two attached hydrogens (primary N) is 1. The number of thioether (sulfide) groups is 1. The van der Waals surface area contributed by atoms with Crippen LogP contribution in [0.2, 0.25) is 0 Å². The first kappa shape index (κ1) is 14.5. The molecule has 0 aliphatic carbocycles. The highest BCUT2D eigenvalue weighted by atomic mass is 32.2. The van der Waals surface area contributed by atoms with Crippen molar-refractivity contribution in [3.05, 3.63) is 22.2 Å². The third-order valence-corrected chi connectivity index (χ3v) is 3.15. The molecule has 0 radical (unpaired) electrons. The predicted octanol–water partition coefficient (Wildman–Crippen LogP) is 1.69. The number of nitrogens with zero attached hydrogens (tertiary/aromatic N) is 2. The van der Waals surface area contributed by atoms with Crippen molar-refractivity contribution in [2.24, 2.45) is 11.8 Å². The van der Waals surface area contributed by atoms with Gasteiger partial charge >= 0.3 is 0 Å². The summed E-state index contributed by atoms with van der Waals surface area (Å²) in [6.07, 6.45) is 2.04. The van der Waals surface area contributed by atoms with Crippen molar-refractivity contribution in [3.63, 3.8) is 0 Å². The Morgan fingerprint density at radius 2 is 2.22 bits per heavy atom. The van der Waals surface area contributed by atoms with Crippen LogP contribution in [0.25, 0.3) is 0 Å². The third kappa shape index (κ3) is 4.38. The molecular weight excluding hydrogens is 254 g/mol. The molecule has 7 nitrogen and oxygen atoms in total. The van der Waals surface area contributed by atoms with E-state index >= 15 is 0 Å². The van der Waals surface area contributed by atoms with Gasteiger partial charge in [-0.1, -0.05) is 6.92 Å². The van der Waals surface area contributed by atoms with E-state index in [2.05, 4.69) is 22.7 Å². The van der Waals surface area contributed by atoms with Gasteiger partial charge in [0, 0.05) is 6.54 Å². The molecule has 0 aliphatic heterocycles. The number of hydrazine groups is 1. The molecule has 1 heterocycles. The molecule has 4 N–H and O–H groups in total. The maximum absolute atomic E-state index is 10.7. The number of nitro groups is 1. The molecule has 0 saturated heterocycles. The molecule has 0 bridgehead atoms. The lowest BCUT2D eigenvalue weighted by atomic mass is 10.2. The summed E-state index contributed by atoms with van der Waals surface area (Å²) in [7, 11) is 0. The summed E-state index contributed by atoms with van der Waals surface area (Å²) in [5.74, 6) is 7.41. The average Bonchev–Trinajstić information content (AvgIpc) is 2.36. The number of nitrogens with one attached hydrogen (secondary N) is 2. The number of nitrogen functional groups attached to an aromatic ring is 1. The summed E-state index contributed by atoms with van der Waals surface area (Å²) in [4.78, 5) is 14.4. The SMILES string of the molecule is CSCC(C)CNc1cc([N+](=O)[O-])cc(NN)n1. The van der Waals surface area contributed by atoms with Crippen LogP contribution >= 0.6 is 11.8 Å². The lowest BCUT2D eigenvalue weighted by Gasteiger charge is -2.12. The molecule has 1 rings (SSSR count). The van der Waals surface area contributed by atoms with Gasteiger partial charge in [-0.3, -0.25) is 10.1 Å². The fraction of sp³-hybridized carbons (Fsp3) is 0.500. The van der Waals surface area contributed by atoms with Crippen molar-refractivity contribution < 1.29 is 4.92 Å². The molecule has 0 fully saturated rings. The van der Waals surface area contributed by atoms with E-state index in [9.17, 15) is 10.1 Å². The van der Waals surface area contributed by atoms with Crippen LogP contribution in [0.4, 0.5) is 17.3 Å². The number of hydrogen-bond acceptors (Lipinski definition) is 7. The maximum Gasteiger partial charge on any atom is 0.276 e. The Morgan fingerprint density at radius 1 is 1.56 bits per heavy atom. The third-order valence-electron chi connectivity index (χ3n) is 2.25. The lowest BCUT2D eigenvalue weighted by molar-refractivity contribution is -0.384. The molecule has 100 valence electrons. The summed E-state index contributed by atoms with van der Waals surface area (Å²) in [6, 6.07) is 2.68. The molecule has 0 aromatic carbocycles. The molecule has 1 aromatic rings. The van der Waals surface area contributed by atoms with Crippen LogP contribution < -0.4 is 16.6 Å². The topological polar surface area (TPSA) is 106 Å². The van der Waals surface area contributed by atoms with Crippen molar-refractivity contribution in [3.8, 4) is 0 Å². The van der Waals surface area contributed by atoms with Gasteiger partial charge in [0.25, 0.3) is 5.69 Å². The number of rotatable bonds is 7. The van der Waals surface area contributed by atoms with Gasteiger partial charge in [0.05, 0.1) is 17.1 Å². The Balaban J connectivity index is 2.75. The van der Waals surface area contributed by atoms with E-state index in [1.54, 1.807) is 11.8 Å². The minimum atomic E-state index is -0.473. The van der Waals surface area contributed by atoms with Crippen LogP contribution in [0.1, 0.15) is 6.92 Å². The molecule has 0 amide bonds. The first-order chi connectivity index (χ1) is 8.56. The van der Waals surface area contributed by atoms with Gasteiger partial charge in [-0.2, -0.15) is 11.8 Å². The van der Waals surface area contributed by atoms with Gasteiger partial charge in [0.15, 0.2) is 0 Å². The van der Waals surface area contributed by atoms with Gasteiger partial charge in [0.2, 0.25) is 0 Å². The molecule has 1 unspecified atom stereocenters. The van der Waals surface area contributed by atoms with Crippen LogP contribution in [0, 0.1) is 16.0 Å². The fourth-order valence-corrected chi connectivity index (χ4v) is 2.10. The lowest BCUT2D eigenvalue weighted by Crippen LogP contribution is -2.15. The maximum atomic E-state index is 10.7. The van der Waals surface area contributed by atoms with E-state index in [-0.39, 0.29) is 11.5 Å². The summed E-state index contributed by atoms with van der Waals surface area (Å²) in [5.41, 5.74) is 2.27. The van der Waals surface area contributed by atoms with Crippen LogP contribution in [-0.4, -0.2) is 28.5 Å². The zero-order valence-electron chi connectivity index (χ0n) is 10.3. The van der Waals surface area contributed by atoms with Crippen molar-refractivity contribution in [2.75, 3.05) is 29.3 Å². The average molecular weight is 271 g/mol. The van der Waals surface area contributed by atoms with Gasteiger partial charge in [-0.25, -0.2) is 10.8 Å². The fourth-order valence-electron chi connectivity index (χ4n) is 1.41. The van der Waals surface area contributed by atoms with Crippen molar-refractivity contribution in [2.45, 2.75) is 6.92 Å². The molecule has 8 heteroatoms. The normalized spacial score (nSPS) is 11.9. The zero-order chi connectivity index (χ0) is 13.5. The Bertz CT molecular complexity index is 415. The Morgan fingerprint density at radius 3 is 2.78 bits per heavy atom. The molecule has 0 spiro atoms. The van der Waals surface area contributed by atoms with Crippen LogP contribution in [0.3, 0.4) is 0 Å². The van der Waals surface area contributed by atoms with E-state index in [1.165, 1.54) is 12.1 Å². The minimum absolute atomic E-state index is 0.0435. The van der Waals surface area contributed by atoms with Crippen molar-refractivity contribution in [1.82, 2.24) is 4.98 Å². The summed E-state index contributed by atoms with van der Waals surface area (Å²) in [5, 5.41) is 13.8. The summed E-state index contributed by atoms with van der Waals surface area (Å²) >= 11 is 1.76. The van der Waals surface area contributed by atoms with E-state index in [1.807, 2.05) is 6.26 Å². The number of anilines is 2. The summed E-state index contributed by atoms with van der Waals surface area (Å²) < 4.78 is 0. The highest BCUT2D eigenvalue weighted by Crippen LogP contribution is 2.20. The number of pyridine rings is 1. The smallest absolute Gasteiger partial charge is 0.276 e. The van der Waals surface area contributed by atoms with E-state index < -0.39 is 4.92 Å². The van der Waals surface area contributed by atoms with Crippen LogP contribution in [-0.2, 0) is 0 Å². The summed E-state index contributed by atoms with van der Waals surface area (Å²) in [6.45, 7) is 2.81. The molecule has 0 saturated carbocycles. The second kappa shape index (κ2) is 7.02. The van der Waals surface area contributed by atoms with E-state index in [0.717, 1.165) is 5.75 Å². The quantitative estimate of drug-likeness (QED) is 0.393. The number of hydrogen-bond donors (Lipinski definition) is 3. The highest BCUT2D eigenvalue weighted by molar-refractivity contribution is 7.98. The molecule has 18 heavy (non-hydrogen) atoms. The van der Waals surface area contributed by atoms with Crippen LogP contribution in [0.5, 0.6) is 0 Å². The van der Waals surface area contributed by atoms with Crippen molar-refractivity contribution >= 4 is 29.1 Å². The largest absolute Gasteiger partial charge is 0.369 e. The minimum Gasteiger partial charge on any atom is -0.369 e. The second-order valence-electron chi connectivity index (χ2n) is 3.94. The predicted molar refractivity (Wildman–Crippen MR) is 74.7 cm³/mol. The molecule has 0 aliphatic rings. The van der Waals surface area contributed by atoms with Gasteiger partial charge in [-0.15, -0.1) is 0 Å². The first-order valence-electron chi connectivity index (χ1n) is 5.42. The highest BCUT2D eigenvalue weighted by Gasteiger charge is 2.11. The second-order valence-corrected chi connectivity index (χ2v) is 4.85. The van der Waals surface area contributed by atoms with E-state index in [0.29, 0.717) is 18.3 Å². The van der Waals surface area contributed by atoms with E-state index in [4.69, 9.17) is 5.84 Å². The van der Waals surface area contributed by atoms with Crippen LogP contribution in [0.15, 0.2) is 12.1 Å². The molecular formula is C10H17N5O2S. The molecule has 1 aromatic heterocycles. The van der Waals surface area contributed by atoms with Gasteiger partial charge < -0.3 is 10.7 Å². The van der Waals surface area contributed by atoms with Gasteiger partial charge in [-0.05, 0) is 17.9 Å². The Kier molecular flexibility index (Phi) is 5.66. The van der Waals surface area contributed by atoms with Gasteiger partial charge in [0.1, 0.15) is 11.6 Å². The Labute approximate surface area is 110 Å². The first-order valence-corrected chi connectivity index (χ1v) is 6.82.